The number of benzene rings is 1. The number of methoxy groups -OCH3 is 1. The van der Waals surface area contributed by atoms with Crippen molar-refractivity contribution in [2.24, 2.45) is 0 Å². The molecule has 4 rings (SSSR count). The highest BCUT2D eigenvalue weighted by Crippen LogP contribution is 2.38. The Hall–Kier alpha value is -3.27. The van der Waals surface area contributed by atoms with Crippen molar-refractivity contribution >= 4 is 44.7 Å². The van der Waals surface area contributed by atoms with Gasteiger partial charge in [0.25, 0.3) is 11.6 Å². The highest BCUT2D eigenvalue weighted by Gasteiger charge is 2.26. The summed E-state index contributed by atoms with van der Waals surface area (Å²) in [6.45, 7) is 5.01. The van der Waals surface area contributed by atoms with E-state index in [-0.39, 0.29) is 17.3 Å². The van der Waals surface area contributed by atoms with E-state index in [2.05, 4.69) is 27.1 Å². The van der Waals surface area contributed by atoms with E-state index >= 15 is 0 Å². The lowest BCUT2D eigenvalue weighted by Gasteiger charge is -2.34. The van der Waals surface area contributed by atoms with Gasteiger partial charge in [0.1, 0.15) is 22.7 Å². The Morgan fingerprint density at radius 1 is 1.35 bits per heavy atom. The van der Waals surface area contributed by atoms with Crippen molar-refractivity contribution in [3.8, 4) is 5.75 Å². The van der Waals surface area contributed by atoms with Crippen LogP contribution in [0.5, 0.6) is 5.75 Å². The Labute approximate surface area is 183 Å². The fourth-order valence-electron chi connectivity index (χ4n) is 3.99. The first-order valence-corrected chi connectivity index (χ1v) is 10.9. The molecule has 0 unspecified atom stereocenters. The lowest BCUT2D eigenvalue weighted by Crippen LogP contribution is -2.38. The number of aryl methyl sites for hydroxylation is 1. The van der Waals surface area contributed by atoms with Crippen LogP contribution in [-0.4, -0.2) is 40.5 Å². The SMILES string of the molecule is COc1ccc([N+](=O)[O-])cc1NC(=O)c1sc2ncnc(N3CCCC[C@@H]3C)c2c1C. The lowest BCUT2D eigenvalue weighted by molar-refractivity contribution is -0.384. The van der Waals surface area contributed by atoms with Crippen LogP contribution >= 0.6 is 11.3 Å². The Bertz CT molecular complexity index is 1160. The second kappa shape index (κ2) is 8.46. The molecule has 1 aliphatic rings. The Morgan fingerprint density at radius 2 is 2.16 bits per heavy atom. The summed E-state index contributed by atoms with van der Waals surface area (Å²) in [6, 6.07) is 4.46. The molecule has 1 atom stereocenters. The van der Waals surface area contributed by atoms with Gasteiger partial charge < -0.3 is 15.0 Å². The summed E-state index contributed by atoms with van der Waals surface area (Å²) in [5, 5.41) is 14.8. The number of piperidine rings is 1. The Morgan fingerprint density at radius 3 is 2.87 bits per heavy atom. The zero-order chi connectivity index (χ0) is 22.1. The van der Waals surface area contributed by atoms with Crippen LogP contribution in [0.15, 0.2) is 24.5 Å². The number of amides is 1. The number of ether oxygens (including phenoxy) is 1. The number of anilines is 2. The average Bonchev–Trinajstić information content (AvgIpc) is 3.11. The van der Waals surface area contributed by atoms with E-state index in [1.165, 1.54) is 43.1 Å². The molecule has 1 N–H and O–H groups in total. The first kappa shape index (κ1) is 21.0. The minimum Gasteiger partial charge on any atom is -0.495 e. The number of rotatable bonds is 5. The Balaban J connectivity index is 1.72. The van der Waals surface area contributed by atoms with Crippen molar-refractivity contribution in [3.63, 3.8) is 0 Å². The van der Waals surface area contributed by atoms with Crippen LogP contribution in [0, 0.1) is 17.0 Å². The van der Waals surface area contributed by atoms with Crippen LogP contribution in [0.2, 0.25) is 0 Å². The van der Waals surface area contributed by atoms with Gasteiger partial charge in [-0.2, -0.15) is 0 Å². The fraction of sp³-hybridized carbons (Fsp3) is 0.381. The number of nitrogens with zero attached hydrogens (tertiary/aromatic N) is 4. The molecule has 0 bridgehead atoms. The summed E-state index contributed by atoms with van der Waals surface area (Å²) >= 11 is 1.29. The smallest absolute Gasteiger partial charge is 0.271 e. The second-order valence-corrected chi connectivity index (χ2v) is 8.57. The zero-order valence-electron chi connectivity index (χ0n) is 17.5. The lowest BCUT2D eigenvalue weighted by atomic mass is 10.0. The largest absolute Gasteiger partial charge is 0.495 e. The number of aromatic nitrogens is 2. The molecule has 1 aromatic carbocycles. The number of nitrogens with one attached hydrogen (secondary N) is 1. The number of nitro benzene ring substituents is 1. The number of non-ortho nitro benzene ring substituents is 1. The molecular weight excluding hydrogens is 418 g/mol. The van der Waals surface area contributed by atoms with Gasteiger partial charge in [-0.25, -0.2) is 9.97 Å². The average molecular weight is 442 g/mol. The molecule has 1 aliphatic heterocycles. The van der Waals surface area contributed by atoms with Gasteiger partial charge in [0, 0.05) is 24.7 Å². The molecule has 0 radical (unpaired) electrons. The van der Waals surface area contributed by atoms with Gasteiger partial charge in [-0.15, -0.1) is 11.3 Å². The maximum absolute atomic E-state index is 13.1. The van der Waals surface area contributed by atoms with Crippen molar-refractivity contribution in [2.45, 2.75) is 39.2 Å². The van der Waals surface area contributed by atoms with Crippen molar-refractivity contribution in [3.05, 3.63) is 45.1 Å². The van der Waals surface area contributed by atoms with E-state index < -0.39 is 4.92 Å². The molecule has 3 aromatic rings. The van der Waals surface area contributed by atoms with E-state index in [0.717, 1.165) is 41.0 Å². The third kappa shape index (κ3) is 3.90. The third-order valence-electron chi connectivity index (χ3n) is 5.63. The van der Waals surface area contributed by atoms with Gasteiger partial charge in [-0.1, -0.05) is 0 Å². The van der Waals surface area contributed by atoms with Crippen LogP contribution in [0.4, 0.5) is 17.2 Å². The van der Waals surface area contributed by atoms with Crippen LogP contribution in [0.1, 0.15) is 41.4 Å². The molecule has 1 amide bonds. The van der Waals surface area contributed by atoms with Crippen LogP contribution in [0.3, 0.4) is 0 Å². The van der Waals surface area contributed by atoms with E-state index in [4.69, 9.17) is 4.74 Å². The zero-order valence-corrected chi connectivity index (χ0v) is 18.4. The molecule has 10 heteroatoms. The van der Waals surface area contributed by atoms with Crippen molar-refractivity contribution in [1.82, 2.24) is 9.97 Å². The quantitative estimate of drug-likeness (QED) is 0.457. The van der Waals surface area contributed by atoms with Crippen LogP contribution in [-0.2, 0) is 0 Å². The second-order valence-electron chi connectivity index (χ2n) is 7.57. The van der Waals surface area contributed by atoms with Gasteiger partial charge >= 0.3 is 0 Å². The fourth-order valence-corrected chi connectivity index (χ4v) is 5.02. The number of nitro groups is 1. The Kier molecular flexibility index (Phi) is 5.73. The molecule has 3 heterocycles. The normalized spacial score (nSPS) is 16.4. The van der Waals surface area contributed by atoms with Crippen LogP contribution in [0.25, 0.3) is 10.2 Å². The maximum atomic E-state index is 13.1. The standard InChI is InChI=1S/C21H23N5O4S/c1-12-6-4-5-9-25(12)19-17-13(2)18(31-21(17)23-11-22-19)20(27)24-15-10-14(26(28)29)7-8-16(15)30-3/h7-8,10-12H,4-6,9H2,1-3H3,(H,24,27)/t12-/m0/s1. The van der Waals surface area contributed by atoms with Gasteiger partial charge in [0.2, 0.25) is 0 Å². The van der Waals surface area contributed by atoms with E-state index in [0.29, 0.717) is 16.7 Å². The van der Waals surface area contributed by atoms with E-state index in [1.807, 2.05) is 6.92 Å². The molecule has 1 fully saturated rings. The van der Waals surface area contributed by atoms with Crippen molar-refractivity contribution < 1.29 is 14.5 Å². The number of fused-ring (bicyclic) bond motifs is 1. The first-order chi connectivity index (χ1) is 14.9. The van der Waals surface area contributed by atoms with Crippen molar-refractivity contribution in [2.75, 3.05) is 23.9 Å². The summed E-state index contributed by atoms with van der Waals surface area (Å²) in [7, 11) is 1.45. The molecule has 9 nitrogen and oxygen atoms in total. The number of carbonyl (C=O) groups excluding carboxylic acids is 1. The molecule has 162 valence electrons. The predicted molar refractivity (Wildman–Crippen MR) is 120 cm³/mol. The highest BCUT2D eigenvalue weighted by molar-refractivity contribution is 7.20. The van der Waals surface area contributed by atoms with E-state index in [9.17, 15) is 14.9 Å². The molecule has 0 aliphatic carbocycles. The molecule has 0 spiro atoms. The summed E-state index contributed by atoms with van der Waals surface area (Å²) in [5.41, 5.74) is 0.918. The van der Waals surface area contributed by atoms with E-state index in [1.54, 1.807) is 6.33 Å². The summed E-state index contributed by atoms with van der Waals surface area (Å²) in [5.74, 6) is 0.843. The third-order valence-corrected chi connectivity index (χ3v) is 6.83. The van der Waals surface area contributed by atoms with Gasteiger partial charge in [-0.3, -0.25) is 14.9 Å². The number of thiophene rings is 1. The molecule has 31 heavy (non-hydrogen) atoms. The topological polar surface area (TPSA) is 110 Å². The number of hydrogen-bond donors (Lipinski definition) is 1. The predicted octanol–water partition coefficient (Wildman–Crippen LogP) is 4.55. The minimum atomic E-state index is -0.512. The number of hydrogen-bond acceptors (Lipinski definition) is 8. The van der Waals surface area contributed by atoms with Gasteiger partial charge in [0.15, 0.2) is 0 Å². The molecular formula is C21H23N5O4S. The molecule has 2 aromatic heterocycles. The van der Waals surface area contributed by atoms with Crippen LogP contribution < -0.4 is 15.0 Å². The molecule has 0 saturated carbocycles. The highest BCUT2D eigenvalue weighted by atomic mass is 32.1. The van der Waals surface area contributed by atoms with Gasteiger partial charge in [0.05, 0.1) is 28.0 Å². The monoisotopic (exact) mass is 441 g/mol. The molecule has 1 saturated heterocycles. The summed E-state index contributed by atoms with van der Waals surface area (Å²) < 4.78 is 5.25. The van der Waals surface area contributed by atoms with Crippen molar-refractivity contribution in [1.29, 1.82) is 0 Å². The summed E-state index contributed by atoms with van der Waals surface area (Å²) in [4.78, 5) is 36.2. The first-order valence-electron chi connectivity index (χ1n) is 10.0. The van der Waals surface area contributed by atoms with Gasteiger partial charge in [-0.05, 0) is 44.7 Å². The number of carbonyl (C=O) groups is 1. The maximum Gasteiger partial charge on any atom is 0.271 e. The summed E-state index contributed by atoms with van der Waals surface area (Å²) in [6.07, 6.45) is 4.96. The minimum absolute atomic E-state index is 0.128.